The minimum atomic E-state index is -0.164. The van der Waals surface area contributed by atoms with Crippen molar-refractivity contribution in [2.45, 2.75) is 45.4 Å². The molecule has 0 fully saturated rings. The maximum absolute atomic E-state index is 5.53. The van der Waals surface area contributed by atoms with Crippen LogP contribution in [0, 0.1) is 12.3 Å². The molecule has 0 aromatic rings. The highest BCUT2D eigenvalue weighted by molar-refractivity contribution is 4.84. The minimum absolute atomic E-state index is 0.164. The highest BCUT2D eigenvalue weighted by Gasteiger charge is 2.19. The Hall–Kier alpha value is -0.560. The van der Waals surface area contributed by atoms with E-state index in [-0.39, 0.29) is 12.3 Å². The molecule has 3 heteroatoms. The van der Waals surface area contributed by atoms with Crippen molar-refractivity contribution in [3.05, 3.63) is 0 Å². The molecule has 0 rings (SSSR count). The molecule has 0 amide bonds. The van der Waals surface area contributed by atoms with E-state index in [1.807, 2.05) is 20.9 Å². The van der Waals surface area contributed by atoms with Crippen LogP contribution >= 0.6 is 0 Å². The quantitative estimate of drug-likeness (QED) is 0.360. The summed E-state index contributed by atoms with van der Waals surface area (Å²) in [4.78, 5) is 0. The molecule has 1 atom stereocenters. The van der Waals surface area contributed by atoms with Gasteiger partial charge in [0.25, 0.3) is 0 Å². The van der Waals surface area contributed by atoms with Gasteiger partial charge in [-0.15, -0.1) is 12.3 Å². The standard InChI is InChI=1S/C12H23NO2/c1-5-8-9-10-11(13-4)12(14-6-2)15-7-3/h1,11-13H,6-10H2,2-4H3. The molecule has 0 spiro atoms. The van der Waals surface area contributed by atoms with Crippen molar-refractivity contribution in [1.82, 2.24) is 5.32 Å². The normalized spacial score (nSPS) is 12.7. The molecular weight excluding hydrogens is 190 g/mol. The third-order valence-corrected chi connectivity index (χ3v) is 2.20. The zero-order valence-corrected chi connectivity index (χ0v) is 10.1. The van der Waals surface area contributed by atoms with Crippen LogP contribution in [0.5, 0.6) is 0 Å². The van der Waals surface area contributed by atoms with E-state index in [0.29, 0.717) is 13.2 Å². The lowest BCUT2D eigenvalue weighted by atomic mass is 10.1. The molecule has 88 valence electrons. The molecule has 0 saturated carbocycles. The van der Waals surface area contributed by atoms with E-state index in [2.05, 4.69) is 11.2 Å². The molecular formula is C12H23NO2. The van der Waals surface area contributed by atoms with Crippen LogP contribution in [0.3, 0.4) is 0 Å². The van der Waals surface area contributed by atoms with Crippen LogP contribution in [0.1, 0.15) is 33.1 Å². The maximum Gasteiger partial charge on any atom is 0.172 e. The molecule has 0 bridgehead atoms. The smallest absolute Gasteiger partial charge is 0.172 e. The molecule has 3 nitrogen and oxygen atoms in total. The molecule has 1 N–H and O–H groups in total. The number of unbranched alkanes of at least 4 members (excludes halogenated alkanes) is 1. The van der Waals surface area contributed by atoms with Crippen LogP contribution in [0.15, 0.2) is 0 Å². The van der Waals surface area contributed by atoms with Gasteiger partial charge in [0, 0.05) is 19.6 Å². The summed E-state index contributed by atoms with van der Waals surface area (Å²) in [5.74, 6) is 2.64. The first-order chi connectivity index (χ1) is 7.29. The second kappa shape index (κ2) is 9.97. The molecule has 0 aromatic heterocycles. The number of nitrogens with one attached hydrogen (secondary N) is 1. The second-order valence-electron chi connectivity index (χ2n) is 3.27. The van der Waals surface area contributed by atoms with E-state index in [1.165, 1.54) is 0 Å². The van der Waals surface area contributed by atoms with Gasteiger partial charge in [-0.25, -0.2) is 0 Å². The molecule has 0 aromatic carbocycles. The SMILES string of the molecule is C#CCCCC(NC)C(OCC)OCC. The van der Waals surface area contributed by atoms with Crippen LogP contribution in [-0.2, 0) is 9.47 Å². The van der Waals surface area contributed by atoms with E-state index in [0.717, 1.165) is 19.3 Å². The first kappa shape index (κ1) is 14.4. The number of hydrogen-bond acceptors (Lipinski definition) is 3. The molecule has 0 aliphatic rings. The van der Waals surface area contributed by atoms with E-state index in [1.54, 1.807) is 0 Å². The fourth-order valence-corrected chi connectivity index (χ4v) is 1.45. The lowest BCUT2D eigenvalue weighted by molar-refractivity contribution is -0.154. The summed E-state index contributed by atoms with van der Waals surface area (Å²) in [5, 5.41) is 3.21. The molecule has 0 aliphatic heterocycles. The number of ether oxygens (including phenoxy) is 2. The van der Waals surface area contributed by atoms with Crippen molar-refractivity contribution in [3.8, 4) is 12.3 Å². The Morgan fingerprint density at radius 1 is 1.27 bits per heavy atom. The van der Waals surface area contributed by atoms with E-state index < -0.39 is 0 Å². The third-order valence-electron chi connectivity index (χ3n) is 2.20. The van der Waals surface area contributed by atoms with Crippen LogP contribution in [0.25, 0.3) is 0 Å². The second-order valence-corrected chi connectivity index (χ2v) is 3.27. The molecule has 0 aliphatic carbocycles. The summed E-state index contributed by atoms with van der Waals surface area (Å²) in [5.41, 5.74) is 0. The Morgan fingerprint density at radius 2 is 1.87 bits per heavy atom. The van der Waals surface area contributed by atoms with Crippen molar-refractivity contribution < 1.29 is 9.47 Å². The van der Waals surface area contributed by atoms with E-state index in [4.69, 9.17) is 15.9 Å². The zero-order valence-electron chi connectivity index (χ0n) is 10.1. The highest BCUT2D eigenvalue weighted by atomic mass is 16.7. The third kappa shape index (κ3) is 6.51. The van der Waals surface area contributed by atoms with Gasteiger partial charge in [0.05, 0.1) is 6.04 Å². The predicted octanol–water partition coefficient (Wildman–Crippen LogP) is 1.78. The first-order valence-corrected chi connectivity index (χ1v) is 5.64. The maximum atomic E-state index is 5.53. The van der Waals surface area contributed by atoms with Gasteiger partial charge in [0.2, 0.25) is 0 Å². The largest absolute Gasteiger partial charge is 0.351 e. The van der Waals surface area contributed by atoms with Crippen molar-refractivity contribution in [2.75, 3.05) is 20.3 Å². The van der Waals surface area contributed by atoms with Gasteiger partial charge >= 0.3 is 0 Å². The molecule has 0 heterocycles. The molecule has 15 heavy (non-hydrogen) atoms. The summed E-state index contributed by atoms with van der Waals surface area (Å²) in [6.07, 6.45) is 7.84. The number of hydrogen-bond donors (Lipinski definition) is 1. The highest BCUT2D eigenvalue weighted by Crippen LogP contribution is 2.09. The van der Waals surface area contributed by atoms with Gasteiger partial charge in [-0.2, -0.15) is 0 Å². The van der Waals surface area contributed by atoms with Gasteiger partial charge in [-0.1, -0.05) is 0 Å². The molecule has 0 radical (unpaired) electrons. The zero-order chi connectivity index (χ0) is 11.5. The summed E-state index contributed by atoms with van der Waals surface area (Å²) < 4.78 is 11.1. The summed E-state index contributed by atoms with van der Waals surface area (Å²) in [7, 11) is 1.92. The lowest BCUT2D eigenvalue weighted by Crippen LogP contribution is -2.41. The van der Waals surface area contributed by atoms with E-state index >= 15 is 0 Å². The Labute approximate surface area is 93.5 Å². The van der Waals surface area contributed by atoms with Crippen LogP contribution in [0.4, 0.5) is 0 Å². The van der Waals surface area contributed by atoms with Crippen molar-refractivity contribution in [3.63, 3.8) is 0 Å². The van der Waals surface area contributed by atoms with Crippen molar-refractivity contribution >= 4 is 0 Å². The average molecular weight is 213 g/mol. The van der Waals surface area contributed by atoms with Gasteiger partial charge < -0.3 is 14.8 Å². The van der Waals surface area contributed by atoms with Gasteiger partial charge in [-0.05, 0) is 33.7 Å². The van der Waals surface area contributed by atoms with Gasteiger partial charge in [-0.3, -0.25) is 0 Å². The van der Waals surface area contributed by atoms with Crippen molar-refractivity contribution in [2.24, 2.45) is 0 Å². The van der Waals surface area contributed by atoms with Gasteiger partial charge in [0.1, 0.15) is 0 Å². The predicted molar refractivity (Wildman–Crippen MR) is 62.6 cm³/mol. The van der Waals surface area contributed by atoms with Crippen LogP contribution < -0.4 is 5.32 Å². The Bertz CT molecular complexity index is 171. The average Bonchev–Trinajstić information content (AvgIpc) is 2.24. The summed E-state index contributed by atoms with van der Waals surface area (Å²) in [6, 6.07) is 0.221. The fourth-order valence-electron chi connectivity index (χ4n) is 1.45. The fraction of sp³-hybridized carbons (Fsp3) is 0.833. The van der Waals surface area contributed by atoms with Crippen molar-refractivity contribution in [1.29, 1.82) is 0 Å². The monoisotopic (exact) mass is 213 g/mol. The lowest BCUT2D eigenvalue weighted by Gasteiger charge is -2.26. The summed E-state index contributed by atoms with van der Waals surface area (Å²) in [6.45, 7) is 5.27. The minimum Gasteiger partial charge on any atom is -0.351 e. The Morgan fingerprint density at radius 3 is 2.27 bits per heavy atom. The summed E-state index contributed by atoms with van der Waals surface area (Å²) >= 11 is 0. The van der Waals surface area contributed by atoms with Gasteiger partial charge in [0.15, 0.2) is 6.29 Å². The number of terminal acetylenes is 1. The van der Waals surface area contributed by atoms with Crippen LogP contribution in [0.2, 0.25) is 0 Å². The van der Waals surface area contributed by atoms with Crippen LogP contribution in [-0.4, -0.2) is 32.6 Å². The Balaban J connectivity index is 4.00. The first-order valence-electron chi connectivity index (χ1n) is 5.64. The Kier molecular flexibility index (Phi) is 9.60. The number of likely N-dealkylation sites (N-methyl/N-ethyl adjacent to an activating group) is 1. The van der Waals surface area contributed by atoms with E-state index in [9.17, 15) is 0 Å². The number of rotatable bonds is 9. The molecule has 0 saturated heterocycles. The molecule has 1 unspecified atom stereocenters. The topological polar surface area (TPSA) is 30.5 Å².